The van der Waals surface area contributed by atoms with Crippen molar-refractivity contribution in [1.82, 2.24) is 0 Å². The zero-order chi connectivity index (χ0) is 24.4. The Hall–Kier alpha value is -3.34. The Morgan fingerprint density at radius 2 is 1.09 bits per heavy atom. The lowest BCUT2D eigenvalue weighted by atomic mass is 9.85. The highest BCUT2D eigenvalue weighted by molar-refractivity contribution is 5.41. The van der Waals surface area contributed by atoms with Crippen LogP contribution in [0.25, 0.3) is 0 Å². The van der Waals surface area contributed by atoms with E-state index < -0.39 is 0 Å². The van der Waals surface area contributed by atoms with Crippen LogP contribution in [0.5, 0.6) is 28.7 Å². The minimum absolute atomic E-state index is 0.0965. The number of aromatic hydroxyl groups is 5. The quantitative estimate of drug-likeness (QED) is 0.258. The molecule has 3 aromatic carbocycles. The highest BCUT2D eigenvalue weighted by Gasteiger charge is 2.15. The number of aryl methyl sites for hydroxylation is 1. The molecule has 2 unspecified atom stereocenters. The maximum absolute atomic E-state index is 9.54. The van der Waals surface area contributed by atoms with Crippen molar-refractivity contribution < 1.29 is 25.5 Å². The van der Waals surface area contributed by atoms with E-state index in [-0.39, 0.29) is 23.0 Å². The molecule has 0 aliphatic carbocycles. The third-order valence-corrected chi connectivity index (χ3v) is 5.96. The van der Waals surface area contributed by atoms with Crippen LogP contribution in [-0.4, -0.2) is 25.5 Å². The van der Waals surface area contributed by atoms with E-state index in [4.69, 9.17) is 0 Å². The van der Waals surface area contributed by atoms with Gasteiger partial charge in [-0.25, -0.2) is 0 Å². The van der Waals surface area contributed by atoms with Crippen molar-refractivity contribution >= 4 is 0 Å². The molecular formula is C28H36O5. The molecule has 0 amide bonds. The molecule has 0 fully saturated rings. The molecule has 0 aromatic heterocycles. The standard InChI is InChI=1S/C18H22O4.C10H14O/c1-11(7-13-3-5-15(19)17(21)9-13)12(2)8-14-4-6-16(20)18(22)10-14;1-2-3-6-9-7-4-5-8-10(9)11/h3-6,9-12,19-22H,7-8H2,1-2H3;4-5,7-8,11H,2-3,6H2,1H3. The molecule has 0 spiro atoms. The van der Waals surface area contributed by atoms with Crippen molar-refractivity contribution in [3.05, 3.63) is 77.4 Å². The number of hydrogen-bond acceptors (Lipinski definition) is 5. The van der Waals surface area contributed by atoms with Crippen molar-refractivity contribution in [2.75, 3.05) is 0 Å². The van der Waals surface area contributed by atoms with Crippen molar-refractivity contribution in [3.63, 3.8) is 0 Å². The molecule has 5 nitrogen and oxygen atoms in total. The summed E-state index contributed by atoms with van der Waals surface area (Å²) in [6.45, 7) is 6.42. The van der Waals surface area contributed by atoms with E-state index in [0.717, 1.165) is 42.4 Å². The molecule has 0 saturated carbocycles. The van der Waals surface area contributed by atoms with E-state index in [1.54, 1.807) is 18.2 Å². The van der Waals surface area contributed by atoms with Gasteiger partial charge in [0.15, 0.2) is 23.0 Å². The number of unbranched alkanes of at least 4 members (excludes halogenated alkanes) is 1. The maximum atomic E-state index is 9.54. The SMILES string of the molecule is CC(Cc1ccc(O)c(O)c1)C(C)Cc1ccc(O)c(O)c1.CCCCc1ccccc1O. The molecule has 0 aliphatic heterocycles. The minimum Gasteiger partial charge on any atom is -0.508 e. The van der Waals surface area contributed by atoms with Gasteiger partial charge in [0, 0.05) is 0 Å². The van der Waals surface area contributed by atoms with Gasteiger partial charge in [0.2, 0.25) is 0 Å². The van der Waals surface area contributed by atoms with Gasteiger partial charge in [-0.3, -0.25) is 0 Å². The fourth-order valence-corrected chi connectivity index (χ4v) is 3.63. The predicted molar refractivity (Wildman–Crippen MR) is 132 cm³/mol. The number of benzene rings is 3. The largest absolute Gasteiger partial charge is 0.508 e. The zero-order valence-electron chi connectivity index (χ0n) is 19.7. The molecule has 0 radical (unpaired) electrons. The lowest BCUT2D eigenvalue weighted by Crippen LogP contribution is -2.13. The molecular weight excluding hydrogens is 416 g/mol. The third-order valence-electron chi connectivity index (χ3n) is 5.96. The van der Waals surface area contributed by atoms with Gasteiger partial charge in [0.05, 0.1) is 0 Å². The Morgan fingerprint density at radius 1 is 0.606 bits per heavy atom. The van der Waals surface area contributed by atoms with Crippen LogP contribution in [0.1, 0.15) is 50.3 Å². The second-order valence-corrected chi connectivity index (χ2v) is 8.74. The van der Waals surface area contributed by atoms with Gasteiger partial charge in [-0.05, 0) is 84.5 Å². The van der Waals surface area contributed by atoms with Crippen LogP contribution < -0.4 is 0 Å². The van der Waals surface area contributed by atoms with Crippen LogP contribution in [-0.2, 0) is 19.3 Å². The average molecular weight is 453 g/mol. The molecule has 0 heterocycles. The Bertz CT molecular complexity index is 957. The molecule has 0 bridgehead atoms. The normalized spacial score (nSPS) is 12.5. The highest BCUT2D eigenvalue weighted by atomic mass is 16.3. The van der Waals surface area contributed by atoms with Gasteiger partial charge in [-0.15, -0.1) is 0 Å². The second kappa shape index (κ2) is 12.6. The minimum atomic E-state index is -0.107. The van der Waals surface area contributed by atoms with Crippen LogP contribution >= 0.6 is 0 Å². The second-order valence-electron chi connectivity index (χ2n) is 8.74. The van der Waals surface area contributed by atoms with Gasteiger partial charge in [0.25, 0.3) is 0 Å². The number of phenols is 5. The molecule has 3 aromatic rings. The Morgan fingerprint density at radius 3 is 1.52 bits per heavy atom. The Balaban J connectivity index is 0.000000294. The van der Waals surface area contributed by atoms with E-state index >= 15 is 0 Å². The highest BCUT2D eigenvalue weighted by Crippen LogP contribution is 2.30. The van der Waals surface area contributed by atoms with E-state index in [0.29, 0.717) is 17.6 Å². The zero-order valence-corrected chi connectivity index (χ0v) is 19.7. The number of phenolic OH excluding ortho intramolecular Hbond substituents is 5. The van der Waals surface area contributed by atoms with Crippen LogP contribution in [0.3, 0.4) is 0 Å². The van der Waals surface area contributed by atoms with Crippen molar-refractivity contribution in [2.45, 2.75) is 52.9 Å². The number of hydrogen-bond donors (Lipinski definition) is 5. The fourth-order valence-electron chi connectivity index (χ4n) is 3.63. The molecule has 5 heteroatoms. The van der Waals surface area contributed by atoms with Crippen molar-refractivity contribution in [3.8, 4) is 28.7 Å². The third kappa shape index (κ3) is 8.26. The van der Waals surface area contributed by atoms with Crippen LogP contribution in [0.15, 0.2) is 60.7 Å². The maximum Gasteiger partial charge on any atom is 0.157 e. The molecule has 0 saturated heterocycles. The summed E-state index contributed by atoms with van der Waals surface area (Å²) in [7, 11) is 0. The van der Waals surface area contributed by atoms with Crippen LogP contribution in [0, 0.1) is 11.8 Å². The van der Waals surface area contributed by atoms with Gasteiger partial charge in [0.1, 0.15) is 5.75 Å². The topological polar surface area (TPSA) is 101 Å². The first-order valence-electron chi connectivity index (χ1n) is 11.5. The summed E-state index contributed by atoms with van der Waals surface area (Å²) in [5, 5.41) is 47.1. The lowest BCUT2D eigenvalue weighted by molar-refractivity contribution is 0.377. The first kappa shape index (κ1) is 25.9. The van der Waals surface area contributed by atoms with Gasteiger partial charge < -0.3 is 25.5 Å². The van der Waals surface area contributed by atoms with Crippen molar-refractivity contribution in [1.29, 1.82) is 0 Å². The molecule has 33 heavy (non-hydrogen) atoms. The van der Waals surface area contributed by atoms with E-state index in [9.17, 15) is 25.5 Å². The van der Waals surface area contributed by atoms with Crippen molar-refractivity contribution in [2.24, 2.45) is 11.8 Å². The summed E-state index contributed by atoms with van der Waals surface area (Å²) in [6, 6.07) is 17.3. The average Bonchev–Trinajstić information content (AvgIpc) is 2.78. The fraction of sp³-hybridized carbons (Fsp3) is 0.357. The summed E-state index contributed by atoms with van der Waals surface area (Å²) < 4.78 is 0. The summed E-state index contributed by atoms with van der Waals surface area (Å²) in [5.74, 6) is 0.746. The monoisotopic (exact) mass is 452 g/mol. The Kier molecular flexibility index (Phi) is 9.92. The molecule has 0 aliphatic rings. The molecule has 3 rings (SSSR count). The molecule has 178 valence electrons. The lowest BCUT2D eigenvalue weighted by Gasteiger charge is -2.20. The summed E-state index contributed by atoms with van der Waals surface area (Å²) in [5.41, 5.74) is 3.01. The first-order valence-corrected chi connectivity index (χ1v) is 11.5. The van der Waals surface area contributed by atoms with E-state index in [2.05, 4.69) is 20.8 Å². The summed E-state index contributed by atoms with van der Waals surface area (Å²) >= 11 is 0. The van der Waals surface area contributed by atoms with E-state index in [1.807, 2.05) is 30.3 Å². The first-order chi connectivity index (χ1) is 15.7. The van der Waals surface area contributed by atoms with Gasteiger partial charge in [-0.2, -0.15) is 0 Å². The van der Waals surface area contributed by atoms with Crippen LogP contribution in [0.4, 0.5) is 0 Å². The number of para-hydroxylation sites is 1. The Labute approximate surface area is 196 Å². The van der Waals surface area contributed by atoms with Crippen LogP contribution in [0.2, 0.25) is 0 Å². The van der Waals surface area contributed by atoms with E-state index in [1.165, 1.54) is 18.6 Å². The summed E-state index contributed by atoms with van der Waals surface area (Å²) in [4.78, 5) is 0. The van der Waals surface area contributed by atoms with Gasteiger partial charge >= 0.3 is 0 Å². The predicted octanol–water partition coefficient (Wildman–Crippen LogP) is 6.30. The molecule has 5 N–H and O–H groups in total. The molecule has 2 atom stereocenters. The summed E-state index contributed by atoms with van der Waals surface area (Å²) in [6.07, 6.45) is 4.90. The smallest absolute Gasteiger partial charge is 0.157 e. The van der Waals surface area contributed by atoms with Gasteiger partial charge in [-0.1, -0.05) is 57.5 Å². The number of rotatable bonds is 8.